The first-order chi connectivity index (χ1) is 18.4. The van der Waals surface area contributed by atoms with Gasteiger partial charge in [-0.2, -0.15) is 0 Å². The third-order valence-corrected chi connectivity index (χ3v) is 6.33. The van der Waals surface area contributed by atoms with Gasteiger partial charge in [0, 0.05) is 30.2 Å². The van der Waals surface area contributed by atoms with Gasteiger partial charge in [-0.05, 0) is 55.0 Å². The highest BCUT2D eigenvalue weighted by molar-refractivity contribution is 6.30. The van der Waals surface area contributed by atoms with Crippen LogP contribution < -0.4 is 25.6 Å². The van der Waals surface area contributed by atoms with Crippen LogP contribution in [0.1, 0.15) is 16.8 Å². The summed E-state index contributed by atoms with van der Waals surface area (Å²) in [6, 6.07) is 22.6. The minimum Gasteiger partial charge on any atom is -0.489 e. The summed E-state index contributed by atoms with van der Waals surface area (Å²) in [7, 11) is 0. The van der Waals surface area contributed by atoms with Crippen molar-refractivity contribution in [2.75, 3.05) is 37.8 Å². The van der Waals surface area contributed by atoms with E-state index in [-0.39, 0.29) is 25.2 Å². The number of benzene rings is 3. The van der Waals surface area contributed by atoms with Crippen LogP contribution in [0.25, 0.3) is 0 Å². The average molecular weight is 539 g/mol. The minimum absolute atomic E-state index is 0.0169. The monoisotopic (exact) mass is 538 g/mol. The maximum Gasteiger partial charge on any atom is 0.260 e. The smallest absolute Gasteiger partial charge is 0.260 e. The van der Waals surface area contributed by atoms with E-state index in [1.54, 1.807) is 66.7 Å². The molecule has 4 rings (SSSR count). The maximum atomic E-state index is 12.6. The zero-order valence-electron chi connectivity index (χ0n) is 20.8. The van der Waals surface area contributed by atoms with E-state index in [1.807, 2.05) is 12.1 Å². The van der Waals surface area contributed by atoms with Crippen molar-refractivity contribution >= 4 is 29.1 Å². The number of hydrogen-bond donors (Lipinski definition) is 3. The van der Waals surface area contributed by atoms with Crippen LogP contribution in [0.5, 0.6) is 11.5 Å². The van der Waals surface area contributed by atoms with Crippen molar-refractivity contribution in [3.8, 4) is 11.5 Å². The number of nitrogens with zero attached hydrogens (tertiary/aromatic N) is 2. The quantitative estimate of drug-likeness (QED) is 0.195. The Labute approximate surface area is 226 Å². The van der Waals surface area contributed by atoms with Gasteiger partial charge in [0.1, 0.15) is 36.0 Å². The predicted octanol–water partition coefficient (Wildman–Crippen LogP) is 2.87. The molecule has 10 heteroatoms. The zero-order chi connectivity index (χ0) is 26.9. The number of halogens is 1. The Morgan fingerprint density at radius 3 is 2.55 bits per heavy atom. The maximum absolute atomic E-state index is 12.6. The molecule has 2 amide bonds. The molecule has 2 atom stereocenters. The number of para-hydroxylation sites is 2. The molecule has 38 heavy (non-hydrogen) atoms. The lowest BCUT2D eigenvalue weighted by Gasteiger charge is -2.23. The molecule has 0 radical (unpaired) electrons. The zero-order valence-corrected chi connectivity index (χ0v) is 21.6. The van der Waals surface area contributed by atoms with Gasteiger partial charge in [-0.15, -0.1) is 0 Å². The lowest BCUT2D eigenvalue weighted by atomic mass is 10.2. The number of hydrazine groups is 1. The fraction of sp³-hybridized carbons (Fsp3) is 0.286. The molecule has 1 fully saturated rings. The number of rotatable bonds is 11. The number of hydrogen-bond acceptors (Lipinski definition) is 7. The molecular formula is C28H31ClN4O5. The van der Waals surface area contributed by atoms with Crippen molar-refractivity contribution in [2.45, 2.75) is 18.6 Å². The topological polar surface area (TPSA) is 117 Å². The molecule has 0 aliphatic carbocycles. The summed E-state index contributed by atoms with van der Waals surface area (Å²) >= 11 is 5.93. The van der Waals surface area contributed by atoms with E-state index in [2.05, 4.69) is 10.2 Å². The molecule has 1 saturated heterocycles. The van der Waals surface area contributed by atoms with Crippen molar-refractivity contribution in [1.82, 2.24) is 10.2 Å². The fourth-order valence-electron chi connectivity index (χ4n) is 4.15. The second-order valence-corrected chi connectivity index (χ2v) is 9.42. The van der Waals surface area contributed by atoms with E-state index in [4.69, 9.17) is 26.9 Å². The molecule has 200 valence electrons. The molecule has 4 N–H and O–H groups in total. The van der Waals surface area contributed by atoms with Crippen LogP contribution in [0.3, 0.4) is 0 Å². The molecule has 2 unspecified atom stereocenters. The molecule has 1 aliphatic heterocycles. The summed E-state index contributed by atoms with van der Waals surface area (Å²) < 4.78 is 11.8. The van der Waals surface area contributed by atoms with Crippen molar-refractivity contribution in [1.29, 1.82) is 0 Å². The molecule has 0 aromatic heterocycles. The van der Waals surface area contributed by atoms with Crippen LogP contribution in [-0.2, 0) is 4.79 Å². The number of amides is 2. The van der Waals surface area contributed by atoms with Crippen LogP contribution in [0.15, 0.2) is 78.9 Å². The third-order valence-electron chi connectivity index (χ3n) is 6.08. The number of carbonyl (C=O) groups excluding carboxylic acids is 2. The van der Waals surface area contributed by atoms with E-state index in [9.17, 15) is 14.7 Å². The number of nitrogens with two attached hydrogens (primary N) is 1. The first-order valence-electron chi connectivity index (χ1n) is 12.3. The first-order valence-corrected chi connectivity index (χ1v) is 12.7. The van der Waals surface area contributed by atoms with Gasteiger partial charge in [-0.25, -0.2) is 10.9 Å². The molecule has 3 aromatic rings. The second kappa shape index (κ2) is 13.3. The van der Waals surface area contributed by atoms with Crippen molar-refractivity contribution in [3.63, 3.8) is 0 Å². The van der Waals surface area contributed by atoms with Gasteiger partial charge < -0.3 is 19.9 Å². The highest BCUT2D eigenvalue weighted by atomic mass is 35.5. The molecule has 1 heterocycles. The predicted molar refractivity (Wildman–Crippen MR) is 145 cm³/mol. The van der Waals surface area contributed by atoms with Crippen molar-refractivity contribution < 1.29 is 24.2 Å². The number of nitrogens with one attached hydrogen (secondary N) is 1. The summed E-state index contributed by atoms with van der Waals surface area (Å²) in [4.78, 5) is 27.0. The standard InChI is InChI=1S/C28H31ClN4O5/c29-21-10-12-23(13-11-21)38-24-14-15-32(18-24)17-22(34)19-37-26-9-5-4-8-25(26)33(30)27(35)16-31-28(36)20-6-2-1-3-7-20/h1-13,22,24,34H,14-19,30H2,(H,31,36). The van der Waals surface area contributed by atoms with Gasteiger partial charge >= 0.3 is 0 Å². The van der Waals surface area contributed by atoms with Crippen LogP contribution >= 0.6 is 11.6 Å². The van der Waals surface area contributed by atoms with E-state index < -0.39 is 12.0 Å². The Bertz CT molecular complexity index is 1210. The molecule has 0 saturated carbocycles. The lowest BCUT2D eigenvalue weighted by molar-refractivity contribution is -0.117. The van der Waals surface area contributed by atoms with Gasteiger partial charge in [-0.1, -0.05) is 41.9 Å². The molecule has 0 spiro atoms. The highest BCUT2D eigenvalue weighted by Gasteiger charge is 2.26. The van der Waals surface area contributed by atoms with E-state index in [1.165, 1.54) is 0 Å². The van der Waals surface area contributed by atoms with Crippen LogP contribution in [-0.4, -0.2) is 66.8 Å². The third kappa shape index (κ3) is 7.69. The number of aliphatic hydroxyl groups excluding tert-OH is 1. The number of aliphatic hydroxyl groups is 1. The van der Waals surface area contributed by atoms with E-state index >= 15 is 0 Å². The van der Waals surface area contributed by atoms with E-state index in [0.29, 0.717) is 35.1 Å². The number of anilines is 1. The molecule has 0 bridgehead atoms. The summed E-state index contributed by atoms with van der Waals surface area (Å²) in [6.45, 7) is 1.64. The summed E-state index contributed by atoms with van der Waals surface area (Å²) in [6.07, 6.45) is 0.123. The normalized spacial score (nSPS) is 16.0. The SMILES string of the molecule is NN(C(=O)CNC(=O)c1ccccc1)c1ccccc1OCC(O)CN1CCC(Oc2ccc(Cl)cc2)C1. The number of β-amino-alcohol motifs (C(OH)–C–C–N with tert-alkyl or cyclic N) is 1. The molecule has 9 nitrogen and oxygen atoms in total. The average Bonchev–Trinajstić information content (AvgIpc) is 3.38. The number of carbonyl (C=O) groups is 2. The van der Waals surface area contributed by atoms with Crippen molar-refractivity contribution in [3.05, 3.63) is 89.4 Å². The Kier molecular flexibility index (Phi) is 9.56. The van der Waals surface area contributed by atoms with Crippen LogP contribution in [0.2, 0.25) is 5.02 Å². The fourth-order valence-corrected chi connectivity index (χ4v) is 4.27. The molecular weight excluding hydrogens is 508 g/mol. The lowest BCUT2D eigenvalue weighted by Crippen LogP contribution is -2.44. The molecule has 1 aliphatic rings. The van der Waals surface area contributed by atoms with Crippen LogP contribution in [0, 0.1) is 0 Å². The Hall–Kier alpha value is -3.63. The van der Waals surface area contributed by atoms with Gasteiger partial charge in [0.2, 0.25) is 0 Å². The Balaban J connectivity index is 1.24. The number of likely N-dealkylation sites (tertiary alicyclic amines) is 1. The van der Waals surface area contributed by atoms with E-state index in [0.717, 1.165) is 23.7 Å². The number of ether oxygens (including phenoxy) is 2. The molecule has 3 aromatic carbocycles. The largest absolute Gasteiger partial charge is 0.489 e. The first kappa shape index (κ1) is 27.4. The summed E-state index contributed by atoms with van der Waals surface area (Å²) in [5, 5.41) is 14.8. The van der Waals surface area contributed by atoms with Gasteiger partial charge in [0.25, 0.3) is 11.8 Å². The van der Waals surface area contributed by atoms with Gasteiger partial charge in [0.15, 0.2) is 0 Å². The second-order valence-electron chi connectivity index (χ2n) is 8.99. The Morgan fingerprint density at radius 1 is 1.08 bits per heavy atom. The summed E-state index contributed by atoms with van der Waals surface area (Å²) in [5.74, 6) is 6.27. The minimum atomic E-state index is -0.760. The summed E-state index contributed by atoms with van der Waals surface area (Å²) in [5.41, 5.74) is 0.777. The van der Waals surface area contributed by atoms with Crippen molar-refractivity contribution in [2.24, 2.45) is 5.84 Å². The van der Waals surface area contributed by atoms with Gasteiger partial charge in [0.05, 0.1) is 6.54 Å². The Morgan fingerprint density at radius 2 is 1.79 bits per heavy atom. The highest BCUT2D eigenvalue weighted by Crippen LogP contribution is 2.27. The van der Waals surface area contributed by atoms with Gasteiger partial charge in [-0.3, -0.25) is 14.5 Å². The van der Waals surface area contributed by atoms with Crippen LogP contribution in [0.4, 0.5) is 5.69 Å².